The van der Waals surface area contributed by atoms with Gasteiger partial charge in [0, 0.05) is 37.4 Å². The Bertz CT molecular complexity index is 417. The predicted octanol–water partition coefficient (Wildman–Crippen LogP) is 2.28. The van der Waals surface area contributed by atoms with Gasteiger partial charge in [-0.3, -0.25) is 0 Å². The van der Waals surface area contributed by atoms with Crippen LogP contribution in [0.3, 0.4) is 0 Å². The first-order valence-electron chi connectivity index (χ1n) is 5.44. The van der Waals surface area contributed by atoms with Crippen molar-refractivity contribution in [2.75, 3.05) is 24.2 Å². The van der Waals surface area contributed by atoms with Gasteiger partial charge in [-0.15, -0.1) is 0 Å². The van der Waals surface area contributed by atoms with Crippen LogP contribution in [0.5, 0.6) is 0 Å². The first kappa shape index (κ1) is 10.6. The summed E-state index contributed by atoms with van der Waals surface area (Å²) in [5.41, 5.74) is 9.00. The van der Waals surface area contributed by atoms with E-state index in [1.807, 2.05) is 36.7 Å². The molecule has 0 atom stereocenters. The van der Waals surface area contributed by atoms with E-state index in [9.17, 15) is 0 Å². The average molecular weight is 215 g/mol. The second-order valence-corrected chi connectivity index (χ2v) is 3.98. The Kier molecular flexibility index (Phi) is 3.15. The maximum atomic E-state index is 5.66. The molecule has 0 aliphatic rings. The zero-order valence-corrected chi connectivity index (χ0v) is 9.48. The largest absolute Gasteiger partial charge is 0.399 e. The number of hydrogen-bond donors (Lipinski definition) is 2. The van der Waals surface area contributed by atoms with Gasteiger partial charge in [0.2, 0.25) is 0 Å². The summed E-state index contributed by atoms with van der Waals surface area (Å²) in [6, 6.07) is 10.1. The van der Waals surface area contributed by atoms with E-state index < -0.39 is 0 Å². The molecule has 0 saturated heterocycles. The summed E-state index contributed by atoms with van der Waals surface area (Å²) >= 11 is 0. The zero-order valence-electron chi connectivity index (χ0n) is 9.48. The molecule has 1 heterocycles. The Labute approximate surface area is 95.9 Å². The van der Waals surface area contributed by atoms with Crippen LogP contribution >= 0.6 is 0 Å². The third kappa shape index (κ3) is 2.57. The number of nitrogens with two attached hydrogens (primary N) is 1. The van der Waals surface area contributed by atoms with E-state index in [-0.39, 0.29) is 0 Å². The number of aromatic amines is 1. The number of likely N-dealkylation sites (N-methyl/N-ethyl adjacent to an activating group) is 1. The lowest BCUT2D eigenvalue weighted by Gasteiger charge is -2.18. The molecular weight excluding hydrogens is 198 g/mol. The number of hydrogen-bond acceptors (Lipinski definition) is 2. The van der Waals surface area contributed by atoms with Crippen LogP contribution in [0.2, 0.25) is 0 Å². The SMILES string of the molecule is CN(CCc1cc[nH]c1)c1ccc(N)cc1. The molecule has 1 aromatic heterocycles. The summed E-state index contributed by atoms with van der Waals surface area (Å²) in [5, 5.41) is 0. The fourth-order valence-corrected chi connectivity index (χ4v) is 1.67. The van der Waals surface area contributed by atoms with Gasteiger partial charge in [-0.2, -0.15) is 0 Å². The van der Waals surface area contributed by atoms with Crippen LogP contribution in [-0.2, 0) is 6.42 Å². The Balaban J connectivity index is 1.93. The van der Waals surface area contributed by atoms with Gasteiger partial charge in [-0.05, 0) is 42.3 Å². The maximum Gasteiger partial charge on any atom is 0.0365 e. The lowest BCUT2D eigenvalue weighted by atomic mass is 10.2. The maximum absolute atomic E-state index is 5.66. The van der Waals surface area contributed by atoms with Crippen LogP contribution in [0.15, 0.2) is 42.7 Å². The van der Waals surface area contributed by atoms with Crippen LogP contribution in [0.1, 0.15) is 5.56 Å². The smallest absolute Gasteiger partial charge is 0.0365 e. The van der Waals surface area contributed by atoms with Crippen molar-refractivity contribution in [2.45, 2.75) is 6.42 Å². The Morgan fingerprint density at radius 2 is 1.94 bits per heavy atom. The van der Waals surface area contributed by atoms with Crippen molar-refractivity contribution in [1.29, 1.82) is 0 Å². The van der Waals surface area contributed by atoms with E-state index in [0.717, 1.165) is 18.7 Å². The van der Waals surface area contributed by atoms with Crippen molar-refractivity contribution in [2.24, 2.45) is 0 Å². The average Bonchev–Trinajstić information content (AvgIpc) is 2.80. The normalized spacial score (nSPS) is 10.3. The van der Waals surface area contributed by atoms with Gasteiger partial charge >= 0.3 is 0 Å². The van der Waals surface area contributed by atoms with Gasteiger partial charge < -0.3 is 15.6 Å². The third-order valence-electron chi connectivity index (χ3n) is 2.73. The van der Waals surface area contributed by atoms with E-state index in [1.165, 1.54) is 11.3 Å². The number of benzene rings is 1. The lowest BCUT2D eigenvalue weighted by Crippen LogP contribution is -2.19. The van der Waals surface area contributed by atoms with E-state index in [1.54, 1.807) is 0 Å². The molecular formula is C13H17N3. The molecule has 0 radical (unpaired) electrons. The van der Waals surface area contributed by atoms with Gasteiger partial charge in [0.25, 0.3) is 0 Å². The molecule has 3 N–H and O–H groups in total. The van der Waals surface area contributed by atoms with Crippen LogP contribution < -0.4 is 10.6 Å². The molecule has 0 spiro atoms. The molecule has 0 aliphatic heterocycles. The topological polar surface area (TPSA) is 45.0 Å². The summed E-state index contributed by atoms with van der Waals surface area (Å²) in [4.78, 5) is 5.29. The molecule has 84 valence electrons. The molecule has 0 fully saturated rings. The standard InChI is InChI=1S/C13H17N3/c1-16(9-7-11-6-8-15-10-11)13-4-2-12(14)3-5-13/h2-6,8,10,15H,7,9,14H2,1H3. The minimum atomic E-state index is 0.808. The number of anilines is 2. The molecule has 0 bridgehead atoms. The molecule has 16 heavy (non-hydrogen) atoms. The number of nitrogens with zero attached hydrogens (tertiary/aromatic N) is 1. The van der Waals surface area contributed by atoms with E-state index in [2.05, 4.69) is 23.0 Å². The van der Waals surface area contributed by atoms with Crippen molar-refractivity contribution >= 4 is 11.4 Å². The van der Waals surface area contributed by atoms with Crippen molar-refractivity contribution in [1.82, 2.24) is 4.98 Å². The van der Waals surface area contributed by atoms with E-state index >= 15 is 0 Å². The van der Waals surface area contributed by atoms with Crippen LogP contribution in [0.25, 0.3) is 0 Å². The monoisotopic (exact) mass is 215 g/mol. The van der Waals surface area contributed by atoms with Crippen LogP contribution in [-0.4, -0.2) is 18.6 Å². The molecule has 3 heteroatoms. The van der Waals surface area contributed by atoms with Crippen LogP contribution in [0, 0.1) is 0 Å². The molecule has 0 saturated carbocycles. The predicted molar refractivity (Wildman–Crippen MR) is 68.6 cm³/mol. The van der Waals surface area contributed by atoms with Crippen molar-refractivity contribution in [3.63, 3.8) is 0 Å². The van der Waals surface area contributed by atoms with Gasteiger partial charge in [0.1, 0.15) is 0 Å². The minimum Gasteiger partial charge on any atom is -0.399 e. The minimum absolute atomic E-state index is 0.808. The van der Waals surface area contributed by atoms with Gasteiger partial charge in [0.15, 0.2) is 0 Å². The summed E-state index contributed by atoms with van der Waals surface area (Å²) in [6.45, 7) is 1.00. The molecule has 0 unspecified atom stereocenters. The number of H-pyrrole nitrogens is 1. The van der Waals surface area contributed by atoms with Gasteiger partial charge in [-0.25, -0.2) is 0 Å². The molecule has 0 aliphatic carbocycles. The summed E-state index contributed by atoms with van der Waals surface area (Å²) in [5.74, 6) is 0. The number of nitrogen functional groups attached to an aromatic ring is 1. The Morgan fingerprint density at radius 3 is 2.56 bits per heavy atom. The van der Waals surface area contributed by atoms with Gasteiger partial charge in [0.05, 0.1) is 0 Å². The highest BCUT2D eigenvalue weighted by Crippen LogP contribution is 2.15. The Hall–Kier alpha value is -1.90. The van der Waals surface area contributed by atoms with Crippen molar-refractivity contribution < 1.29 is 0 Å². The van der Waals surface area contributed by atoms with Gasteiger partial charge in [-0.1, -0.05) is 0 Å². The first-order valence-corrected chi connectivity index (χ1v) is 5.44. The van der Waals surface area contributed by atoms with E-state index in [0.29, 0.717) is 0 Å². The fourth-order valence-electron chi connectivity index (χ4n) is 1.67. The zero-order chi connectivity index (χ0) is 11.4. The highest BCUT2D eigenvalue weighted by molar-refractivity contribution is 5.52. The quantitative estimate of drug-likeness (QED) is 0.768. The molecule has 0 amide bonds. The molecule has 2 rings (SSSR count). The van der Waals surface area contributed by atoms with Crippen molar-refractivity contribution in [3.8, 4) is 0 Å². The number of rotatable bonds is 4. The Morgan fingerprint density at radius 1 is 1.19 bits per heavy atom. The summed E-state index contributed by atoms with van der Waals surface area (Å²) in [7, 11) is 2.10. The second kappa shape index (κ2) is 4.75. The highest BCUT2D eigenvalue weighted by Gasteiger charge is 2.01. The first-order chi connectivity index (χ1) is 7.75. The summed E-state index contributed by atoms with van der Waals surface area (Å²) in [6.07, 6.45) is 5.04. The fraction of sp³-hybridized carbons (Fsp3) is 0.231. The van der Waals surface area contributed by atoms with Crippen LogP contribution in [0.4, 0.5) is 11.4 Å². The van der Waals surface area contributed by atoms with Crippen molar-refractivity contribution in [3.05, 3.63) is 48.3 Å². The number of aromatic nitrogens is 1. The summed E-state index contributed by atoms with van der Waals surface area (Å²) < 4.78 is 0. The molecule has 3 nitrogen and oxygen atoms in total. The van der Waals surface area contributed by atoms with E-state index in [4.69, 9.17) is 5.73 Å². The lowest BCUT2D eigenvalue weighted by molar-refractivity contribution is 0.878. The molecule has 1 aromatic carbocycles. The molecule has 2 aromatic rings. The third-order valence-corrected chi connectivity index (χ3v) is 2.73. The second-order valence-electron chi connectivity index (χ2n) is 3.98. The highest BCUT2D eigenvalue weighted by atomic mass is 15.1. The number of nitrogens with one attached hydrogen (secondary N) is 1.